The second kappa shape index (κ2) is 7.01. The lowest BCUT2D eigenvalue weighted by Crippen LogP contribution is -2.48. The van der Waals surface area contributed by atoms with Crippen molar-refractivity contribution in [2.75, 3.05) is 13.7 Å². The third kappa shape index (κ3) is 3.68. The fourth-order valence-electron chi connectivity index (χ4n) is 2.83. The Hall–Kier alpha value is -1.18. The van der Waals surface area contributed by atoms with Crippen LogP contribution in [0.5, 0.6) is 5.75 Å². The summed E-state index contributed by atoms with van der Waals surface area (Å²) in [4.78, 5) is 1.22. The summed E-state index contributed by atoms with van der Waals surface area (Å²) in [5.41, 5.74) is -0.330. The lowest BCUT2D eigenvalue weighted by Gasteiger charge is -2.36. The minimum absolute atomic E-state index is 0.330. The highest BCUT2D eigenvalue weighted by atomic mass is 32.2. The Labute approximate surface area is 125 Å². The summed E-state index contributed by atoms with van der Waals surface area (Å²) < 4.78 is 5.27. The standard InChI is InChI=1S/C16H22N2OS/c1-3-18-16(12-17)9-5-8-15(11-16)20-14-7-4-6-13(10-14)19-2/h4,6-7,10,15,18H,3,5,8-9,11H2,1-2H3. The number of nitrogens with zero attached hydrogens (tertiary/aromatic N) is 1. The molecule has 1 N–H and O–H groups in total. The summed E-state index contributed by atoms with van der Waals surface area (Å²) in [6.45, 7) is 2.92. The van der Waals surface area contributed by atoms with Crippen molar-refractivity contribution in [3.05, 3.63) is 24.3 Å². The summed E-state index contributed by atoms with van der Waals surface area (Å²) in [6, 6.07) is 10.7. The predicted octanol–water partition coefficient (Wildman–Crippen LogP) is 3.60. The summed E-state index contributed by atoms with van der Waals surface area (Å²) in [6.07, 6.45) is 4.17. The molecule has 0 spiro atoms. The van der Waals surface area contributed by atoms with E-state index in [-0.39, 0.29) is 5.54 Å². The molecule has 2 atom stereocenters. The molecule has 3 nitrogen and oxygen atoms in total. The van der Waals surface area contributed by atoms with E-state index in [1.165, 1.54) is 11.3 Å². The zero-order valence-electron chi connectivity index (χ0n) is 12.2. The van der Waals surface area contributed by atoms with Gasteiger partial charge in [-0.15, -0.1) is 11.8 Å². The molecule has 108 valence electrons. The highest BCUT2D eigenvalue weighted by Gasteiger charge is 2.36. The number of thioether (sulfide) groups is 1. The summed E-state index contributed by atoms with van der Waals surface area (Å²) >= 11 is 1.87. The van der Waals surface area contributed by atoms with Gasteiger partial charge in [-0.2, -0.15) is 5.26 Å². The van der Waals surface area contributed by atoms with Gasteiger partial charge in [-0.3, -0.25) is 5.32 Å². The van der Waals surface area contributed by atoms with Crippen molar-refractivity contribution in [1.82, 2.24) is 5.32 Å². The molecule has 0 heterocycles. The van der Waals surface area contributed by atoms with E-state index >= 15 is 0 Å². The average molecular weight is 290 g/mol. The number of hydrogen-bond acceptors (Lipinski definition) is 4. The molecular formula is C16H22N2OS. The quantitative estimate of drug-likeness (QED) is 0.900. The number of rotatable bonds is 5. The van der Waals surface area contributed by atoms with Gasteiger partial charge in [0.2, 0.25) is 0 Å². The zero-order chi connectivity index (χ0) is 14.4. The zero-order valence-corrected chi connectivity index (χ0v) is 13.0. The highest BCUT2D eigenvalue weighted by molar-refractivity contribution is 8.00. The van der Waals surface area contributed by atoms with Crippen LogP contribution in [-0.2, 0) is 0 Å². The van der Waals surface area contributed by atoms with E-state index in [1.54, 1.807) is 7.11 Å². The Bertz CT molecular complexity index is 482. The van der Waals surface area contributed by atoms with Gasteiger partial charge in [0.05, 0.1) is 13.2 Å². The second-order valence-corrected chi connectivity index (χ2v) is 6.61. The van der Waals surface area contributed by atoms with Crippen LogP contribution in [0, 0.1) is 11.3 Å². The molecule has 1 aromatic rings. The van der Waals surface area contributed by atoms with Crippen molar-refractivity contribution in [1.29, 1.82) is 5.26 Å². The van der Waals surface area contributed by atoms with Crippen LogP contribution in [0.15, 0.2) is 29.2 Å². The van der Waals surface area contributed by atoms with E-state index in [0.717, 1.165) is 31.6 Å². The SMILES string of the molecule is CCNC1(C#N)CCCC(Sc2cccc(OC)c2)C1. The maximum atomic E-state index is 9.50. The van der Waals surface area contributed by atoms with Crippen LogP contribution in [0.2, 0.25) is 0 Å². The molecule has 1 aliphatic carbocycles. The fourth-order valence-corrected chi connectivity index (χ4v) is 4.21. The van der Waals surface area contributed by atoms with E-state index in [2.05, 4.69) is 30.4 Å². The Morgan fingerprint density at radius 3 is 3.10 bits per heavy atom. The average Bonchev–Trinajstić information content (AvgIpc) is 2.48. The first kappa shape index (κ1) is 15.2. The smallest absolute Gasteiger partial charge is 0.119 e. The van der Waals surface area contributed by atoms with Crippen LogP contribution >= 0.6 is 11.8 Å². The van der Waals surface area contributed by atoms with Gasteiger partial charge in [0.15, 0.2) is 0 Å². The molecule has 1 fully saturated rings. The van der Waals surface area contributed by atoms with Gasteiger partial charge < -0.3 is 4.74 Å². The first-order valence-electron chi connectivity index (χ1n) is 7.18. The molecule has 0 radical (unpaired) electrons. The van der Waals surface area contributed by atoms with E-state index in [0.29, 0.717) is 5.25 Å². The Balaban J connectivity index is 2.04. The van der Waals surface area contributed by atoms with Gasteiger partial charge in [-0.25, -0.2) is 0 Å². The third-order valence-electron chi connectivity index (χ3n) is 3.78. The monoisotopic (exact) mass is 290 g/mol. The number of ether oxygens (including phenoxy) is 1. The molecule has 0 bridgehead atoms. The molecule has 2 unspecified atom stereocenters. The molecule has 0 saturated heterocycles. The minimum Gasteiger partial charge on any atom is -0.497 e. The molecule has 0 aliphatic heterocycles. The maximum absolute atomic E-state index is 9.50. The van der Waals surface area contributed by atoms with E-state index < -0.39 is 0 Å². The Morgan fingerprint density at radius 2 is 2.40 bits per heavy atom. The molecule has 1 aliphatic rings. The third-order valence-corrected chi connectivity index (χ3v) is 5.04. The molecule has 0 aromatic heterocycles. The number of nitrogens with one attached hydrogen (secondary N) is 1. The van der Waals surface area contributed by atoms with Gasteiger partial charge in [0.1, 0.15) is 11.3 Å². The molecule has 2 rings (SSSR count). The van der Waals surface area contributed by atoms with Crippen molar-refractivity contribution in [3.63, 3.8) is 0 Å². The van der Waals surface area contributed by atoms with Crippen molar-refractivity contribution >= 4 is 11.8 Å². The summed E-state index contributed by atoms with van der Waals surface area (Å²) in [5.74, 6) is 0.893. The molecular weight excluding hydrogens is 268 g/mol. The number of hydrogen-bond donors (Lipinski definition) is 1. The molecule has 4 heteroatoms. The normalized spacial score (nSPS) is 25.9. The fraction of sp³-hybridized carbons (Fsp3) is 0.562. The van der Waals surface area contributed by atoms with Gasteiger partial charge in [-0.05, 0) is 50.4 Å². The van der Waals surface area contributed by atoms with Crippen LogP contribution in [0.1, 0.15) is 32.6 Å². The number of nitriles is 1. The highest BCUT2D eigenvalue weighted by Crippen LogP contribution is 2.38. The molecule has 20 heavy (non-hydrogen) atoms. The van der Waals surface area contributed by atoms with Gasteiger partial charge in [0, 0.05) is 10.1 Å². The lowest BCUT2D eigenvalue weighted by atomic mass is 9.82. The van der Waals surface area contributed by atoms with Crippen molar-refractivity contribution < 1.29 is 4.74 Å². The predicted molar refractivity (Wildman–Crippen MR) is 83.1 cm³/mol. The summed E-state index contributed by atoms with van der Waals surface area (Å²) in [5, 5.41) is 13.4. The number of benzene rings is 1. The van der Waals surface area contributed by atoms with Crippen LogP contribution < -0.4 is 10.1 Å². The van der Waals surface area contributed by atoms with Crippen molar-refractivity contribution in [3.8, 4) is 11.8 Å². The lowest BCUT2D eigenvalue weighted by molar-refractivity contribution is 0.309. The largest absolute Gasteiger partial charge is 0.497 e. The second-order valence-electron chi connectivity index (χ2n) is 5.24. The van der Waals surface area contributed by atoms with Crippen LogP contribution in [0.3, 0.4) is 0 Å². The molecule has 0 amide bonds. The summed E-state index contributed by atoms with van der Waals surface area (Å²) in [7, 11) is 1.69. The van der Waals surface area contributed by atoms with Crippen molar-refractivity contribution in [2.45, 2.75) is 48.3 Å². The maximum Gasteiger partial charge on any atom is 0.119 e. The molecule has 1 saturated carbocycles. The van der Waals surface area contributed by atoms with Crippen LogP contribution in [0.25, 0.3) is 0 Å². The van der Waals surface area contributed by atoms with Gasteiger partial charge in [-0.1, -0.05) is 13.0 Å². The van der Waals surface area contributed by atoms with Crippen LogP contribution in [0.4, 0.5) is 0 Å². The Kier molecular flexibility index (Phi) is 5.33. The van der Waals surface area contributed by atoms with E-state index in [9.17, 15) is 5.26 Å². The van der Waals surface area contributed by atoms with Gasteiger partial charge >= 0.3 is 0 Å². The Morgan fingerprint density at radius 1 is 1.55 bits per heavy atom. The first-order valence-corrected chi connectivity index (χ1v) is 8.06. The topological polar surface area (TPSA) is 45.0 Å². The number of methoxy groups -OCH3 is 1. The molecule has 1 aromatic carbocycles. The van der Waals surface area contributed by atoms with Gasteiger partial charge in [0.25, 0.3) is 0 Å². The van der Waals surface area contributed by atoms with Crippen molar-refractivity contribution in [2.24, 2.45) is 0 Å². The van der Waals surface area contributed by atoms with E-state index in [4.69, 9.17) is 4.74 Å². The minimum atomic E-state index is -0.330. The van der Waals surface area contributed by atoms with E-state index in [1.807, 2.05) is 23.9 Å². The first-order chi connectivity index (χ1) is 9.71. The van der Waals surface area contributed by atoms with Crippen LogP contribution in [-0.4, -0.2) is 24.4 Å².